The van der Waals surface area contributed by atoms with Crippen LogP contribution in [0, 0.1) is 5.82 Å². The lowest BCUT2D eigenvalue weighted by atomic mass is 10.1. The first-order valence-corrected chi connectivity index (χ1v) is 6.55. The van der Waals surface area contributed by atoms with Gasteiger partial charge in [0.25, 0.3) is 0 Å². The van der Waals surface area contributed by atoms with Crippen LogP contribution >= 0.6 is 15.9 Å². The molecule has 18 heavy (non-hydrogen) atoms. The van der Waals surface area contributed by atoms with Gasteiger partial charge in [0.1, 0.15) is 10.6 Å². The highest BCUT2D eigenvalue weighted by molar-refractivity contribution is 9.10. The monoisotopic (exact) mass is 317 g/mol. The summed E-state index contributed by atoms with van der Waals surface area (Å²) in [5.74, 6) is -0.566. The number of nitrogens with zero attached hydrogens (tertiary/aromatic N) is 1. The standard InChI is InChI=1S/C13H17BrFNO2/c1-9(10-6-4-5-7-12(10)15)16(2)8-11(14)13(17)18-3/h4-7,9,11H,8H2,1-3H3. The third-order valence-corrected chi connectivity index (χ3v) is 3.59. The molecule has 0 saturated heterocycles. The number of carbonyl (C=O) groups is 1. The van der Waals surface area contributed by atoms with Crippen LogP contribution in [0.1, 0.15) is 18.5 Å². The molecule has 1 aromatic carbocycles. The molecule has 0 aliphatic carbocycles. The van der Waals surface area contributed by atoms with Crippen LogP contribution in [0.15, 0.2) is 24.3 Å². The molecule has 0 aliphatic heterocycles. The Bertz CT molecular complexity index is 414. The second kappa shape index (κ2) is 6.85. The molecule has 2 atom stereocenters. The van der Waals surface area contributed by atoms with Gasteiger partial charge >= 0.3 is 5.97 Å². The van der Waals surface area contributed by atoms with Gasteiger partial charge in [-0.2, -0.15) is 0 Å². The van der Waals surface area contributed by atoms with Crippen LogP contribution in [-0.2, 0) is 9.53 Å². The van der Waals surface area contributed by atoms with E-state index in [0.29, 0.717) is 12.1 Å². The second-order valence-electron chi connectivity index (χ2n) is 4.13. The van der Waals surface area contributed by atoms with E-state index in [0.717, 1.165) is 0 Å². The largest absolute Gasteiger partial charge is 0.468 e. The molecule has 3 nitrogen and oxygen atoms in total. The minimum Gasteiger partial charge on any atom is -0.468 e. The van der Waals surface area contributed by atoms with Crippen LogP contribution in [0.5, 0.6) is 0 Å². The zero-order chi connectivity index (χ0) is 13.7. The van der Waals surface area contributed by atoms with E-state index in [1.54, 1.807) is 18.2 Å². The Morgan fingerprint density at radius 1 is 1.50 bits per heavy atom. The number of methoxy groups -OCH3 is 1. The maximum atomic E-state index is 13.6. The summed E-state index contributed by atoms with van der Waals surface area (Å²) in [5, 5.41) is 0. The highest BCUT2D eigenvalue weighted by Crippen LogP contribution is 2.22. The summed E-state index contributed by atoms with van der Waals surface area (Å²) in [6, 6.07) is 6.53. The minimum atomic E-state index is -0.415. The van der Waals surface area contributed by atoms with Gasteiger partial charge in [0.05, 0.1) is 7.11 Å². The van der Waals surface area contributed by atoms with Crippen molar-refractivity contribution in [3.05, 3.63) is 35.6 Å². The topological polar surface area (TPSA) is 29.5 Å². The van der Waals surface area contributed by atoms with Crippen molar-refractivity contribution < 1.29 is 13.9 Å². The Hall–Kier alpha value is -0.940. The predicted octanol–water partition coefficient (Wildman–Crippen LogP) is 2.76. The van der Waals surface area contributed by atoms with Crippen LogP contribution in [0.4, 0.5) is 4.39 Å². The molecule has 0 N–H and O–H groups in total. The average Bonchev–Trinajstić information content (AvgIpc) is 2.37. The number of benzene rings is 1. The number of alkyl halides is 1. The lowest BCUT2D eigenvalue weighted by Crippen LogP contribution is -2.33. The average molecular weight is 318 g/mol. The lowest BCUT2D eigenvalue weighted by molar-refractivity contribution is -0.140. The van der Waals surface area contributed by atoms with E-state index < -0.39 is 4.83 Å². The fourth-order valence-electron chi connectivity index (χ4n) is 1.66. The molecule has 2 unspecified atom stereocenters. The second-order valence-corrected chi connectivity index (χ2v) is 5.23. The van der Waals surface area contributed by atoms with Gasteiger partial charge in [-0.1, -0.05) is 34.1 Å². The number of hydrogen-bond acceptors (Lipinski definition) is 3. The molecule has 5 heteroatoms. The van der Waals surface area contributed by atoms with Crippen molar-refractivity contribution in [2.45, 2.75) is 17.8 Å². The Kier molecular flexibility index (Phi) is 5.75. The first kappa shape index (κ1) is 15.1. The number of ether oxygens (including phenoxy) is 1. The van der Waals surface area contributed by atoms with Crippen molar-refractivity contribution >= 4 is 21.9 Å². The normalized spacial score (nSPS) is 14.3. The van der Waals surface area contributed by atoms with E-state index in [1.807, 2.05) is 18.9 Å². The Balaban J connectivity index is 2.70. The van der Waals surface area contributed by atoms with Crippen molar-refractivity contribution in [1.82, 2.24) is 4.90 Å². The lowest BCUT2D eigenvalue weighted by Gasteiger charge is -2.26. The zero-order valence-corrected chi connectivity index (χ0v) is 12.3. The van der Waals surface area contributed by atoms with Crippen LogP contribution in [0.2, 0.25) is 0 Å². The molecular formula is C13H17BrFNO2. The molecule has 0 aliphatic rings. The molecule has 0 saturated carbocycles. The number of esters is 1. The third kappa shape index (κ3) is 3.78. The van der Waals surface area contributed by atoms with Gasteiger partial charge < -0.3 is 4.74 Å². The third-order valence-electron chi connectivity index (χ3n) is 2.92. The Morgan fingerprint density at radius 2 is 2.11 bits per heavy atom. The first-order chi connectivity index (χ1) is 8.47. The summed E-state index contributed by atoms with van der Waals surface area (Å²) in [6.07, 6.45) is 0. The summed E-state index contributed by atoms with van der Waals surface area (Å²) >= 11 is 3.25. The molecule has 0 spiro atoms. The Labute approximate surface area is 115 Å². The fraction of sp³-hybridized carbons (Fsp3) is 0.462. The summed E-state index contributed by atoms with van der Waals surface area (Å²) in [4.78, 5) is 12.8. The van der Waals surface area contributed by atoms with Crippen molar-refractivity contribution in [1.29, 1.82) is 0 Å². The van der Waals surface area contributed by atoms with E-state index >= 15 is 0 Å². The van der Waals surface area contributed by atoms with Crippen LogP contribution in [-0.4, -0.2) is 36.4 Å². The molecule has 1 aromatic rings. The summed E-state index contributed by atoms with van der Waals surface area (Å²) in [6.45, 7) is 2.34. The molecule has 0 amide bonds. The van der Waals surface area contributed by atoms with Crippen molar-refractivity contribution in [3.8, 4) is 0 Å². The van der Waals surface area contributed by atoms with Crippen LogP contribution < -0.4 is 0 Å². The maximum Gasteiger partial charge on any atom is 0.320 e. The molecule has 0 bridgehead atoms. The van der Waals surface area contributed by atoms with Crippen molar-refractivity contribution in [3.63, 3.8) is 0 Å². The predicted molar refractivity (Wildman–Crippen MR) is 72.2 cm³/mol. The molecule has 1 rings (SSSR count). The van der Waals surface area contributed by atoms with Gasteiger partial charge in [-0.15, -0.1) is 0 Å². The van der Waals surface area contributed by atoms with Crippen molar-refractivity contribution in [2.24, 2.45) is 0 Å². The first-order valence-electron chi connectivity index (χ1n) is 5.64. The van der Waals surface area contributed by atoms with E-state index in [1.165, 1.54) is 13.2 Å². The van der Waals surface area contributed by atoms with Gasteiger partial charge in [-0.05, 0) is 20.0 Å². The van der Waals surface area contributed by atoms with E-state index in [-0.39, 0.29) is 17.8 Å². The van der Waals surface area contributed by atoms with E-state index in [4.69, 9.17) is 0 Å². The SMILES string of the molecule is COC(=O)C(Br)CN(C)C(C)c1ccccc1F. The number of halogens is 2. The van der Waals surface area contributed by atoms with Crippen molar-refractivity contribution in [2.75, 3.05) is 20.7 Å². The molecule has 0 radical (unpaired) electrons. The molecule has 0 aromatic heterocycles. The maximum absolute atomic E-state index is 13.6. The van der Waals surface area contributed by atoms with E-state index in [2.05, 4.69) is 20.7 Å². The summed E-state index contributed by atoms with van der Waals surface area (Å²) in [5.41, 5.74) is 0.615. The van der Waals surface area contributed by atoms with Gasteiger partial charge in [0.15, 0.2) is 0 Å². The number of rotatable bonds is 5. The molecular weight excluding hydrogens is 301 g/mol. The minimum absolute atomic E-state index is 0.115. The molecule has 0 fully saturated rings. The van der Waals surface area contributed by atoms with Gasteiger partial charge in [0.2, 0.25) is 0 Å². The highest BCUT2D eigenvalue weighted by atomic mass is 79.9. The Morgan fingerprint density at radius 3 is 2.67 bits per heavy atom. The number of carbonyl (C=O) groups excluding carboxylic acids is 1. The van der Waals surface area contributed by atoms with Gasteiger partial charge in [-0.3, -0.25) is 9.69 Å². The van der Waals surface area contributed by atoms with Gasteiger partial charge in [-0.25, -0.2) is 4.39 Å². The molecule has 100 valence electrons. The molecule has 0 heterocycles. The summed E-state index contributed by atoms with van der Waals surface area (Å²) in [7, 11) is 3.19. The van der Waals surface area contributed by atoms with Crippen LogP contribution in [0.25, 0.3) is 0 Å². The van der Waals surface area contributed by atoms with Gasteiger partial charge in [0, 0.05) is 18.2 Å². The van der Waals surface area contributed by atoms with E-state index in [9.17, 15) is 9.18 Å². The highest BCUT2D eigenvalue weighted by Gasteiger charge is 2.22. The quantitative estimate of drug-likeness (QED) is 0.618. The van der Waals surface area contributed by atoms with Crippen LogP contribution in [0.3, 0.4) is 0 Å². The number of hydrogen-bond donors (Lipinski definition) is 0. The zero-order valence-electron chi connectivity index (χ0n) is 10.7. The smallest absolute Gasteiger partial charge is 0.320 e. The summed E-state index contributed by atoms with van der Waals surface area (Å²) < 4.78 is 18.3. The fourth-order valence-corrected chi connectivity index (χ4v) is 2.31.